The minimum atomic E-state index is -0.678. The molecule has 0 unspecified atom stereocenters. The molecule has 28 heavy (non-hydrogen) atoms. The fourth-order valence-corrected chi connectivity index (χ4v) is 5.53. The van der Waals surface area contributed by atoms with Gasteiger partial charge in [0.1, 0.15) is 5.82 Å². The highest BCUT2D eigenvalue weighted by Gasteiger charge is 2.55. The smallest absolute Gasteiger partial charge is 0.274 e. The van der Waals surface area contributed by atoms with Gasteiger partial charge in [0, 0.05) is 43.3 Å². The molecular weight excluding hydrogens is 361 g/mol. The van der Waals surface area contributed by atoms with Crippen LogP contribution in [0.25, 0.3) is 0 Å². The molecule has 0 aromatic heterocycles. The highest BCUT2D eigenvalue weighted by molar-refractivity contribution is 5.93. The van der Waals surface area contributed by atoms with Crippen molar-refractivity contribution in [3.63, 3.8) is 0 Å². The van der Waals surface area contributed by atoms with Crippen LogP contribution < -0.4 is 5.48 Å². The van der Waals surface area contributed by atoms with E-state index in [9.17, 15) is 9.18 Å². The normalized spacial score (nSPS) is 32.5. The Morgan fingerprint density at radius 2 is 2.21 bits per heavy atom. The van der Waals surface area contributed by atoms with Gasteiger partial charge in [-0.3, -0.25) is 19.8 Å². The van der Waals surface area contributed by atoms with Gasteiger partial charge in [-0.1, -0.05) is 6.92 Å². The summed E-state index contributed by atoms with van der Waals surface area (Å²) in [6.45, 7) is 5.44. The minimum absolute atomic E-state index is 0.114. The Morgan fingerprint density at radius 3 is 2.93 bits per heavy atom. The van der Waals surface area contributed by atoms with Crippen LogP contribution in [0.15, 0.2) is 12.1 Å². The molecule has 5 rings (SSSR count). The van der Waals surface area contributed by atoms with Crippen molar-refractivity contribution in [1.29, 1.82) is 0 Å². The highest BCUT2D eigenvalue weighted by Crippen LogP contribution is 2.44. The number of hydrogen-bond donors (Lipinski definition) is 2. The van der Waals surface area contributed by atoms with Gasteiger partial charge in [-0.25, -0.2) is 9.87 Å². The van der Waals surface area contributed by atoms with Crippen molar-refractivity contribution in [2.75, 3.05) is 19.7 Å². The molecule has 3 fully saturated rings. The van der Waals surface area contributed by atoms with Crippen LogP contribution in [0.4, 0.5) is 4.39 Å². The number of hydroxylamine groups is 1. The zero-order valence-electron chi connectivity index (χ0n) is 16.3. The van der Waals surface area contributed by atoms with Crippen molar-refractivity contribution < 1.29 is 19.1 Å². The third kappa shape index (κ3) is 3.05. The van der Waals surface area contributed by atoms with Crippen LogP contribution in [0.3, 0.4) is 0 Å². The second-order valence-electron chi connectivity index (χ2n) is 8.96. The van der Waals surface area contributed by atoms with Gasteiger partial charge in [0.2, 0.25) is 0 Å². The number of carbonyl (C=O) groups is 1. The molecule has 4 aliphatic rings. The van der Waals surface area contributed by atoms with Crippen LogP contribution in [-0.4, -0.2) is 64.3 Å². The molecule has 7 heteroatoms. The second-order valence-corrected chi connectivity index (χ2v) is 8.96. The van der Waals surface area contributed by atoms with Crippen LogP contribution in [0.5, 0.6) is 0 Å². The van der Waals surface area contributed by atoms with E-state index in [4.69, 9.17) is 9.94 Å². The summed E-state index contributed by atoms with van der Waals surface area (Å²) < 4.78 is 20.9. The van der Waals surface area contributed by atoms with Crippen molar-refractivity contribution in [2.24, 2.45) is 0 Å². The summed E-state index contributed by atoms with van der Waals surface area (Å²) in [4.78, 5) is 16.8. The standard InChI is InChI=1S/C21H28FN3O3/c1-2-15-7-18-14(5-13(6-19(18)22)20(26)23-27)9-24(15)11-21-8-17(10-28-21)25(12-21)16-3-4-16/h5-6,15-17,27H,2-4,7-12H2,1H3,(H,23,26)/t15-,17-,21+/m1/s1. The highest BCUT2D eigenvalue weighted by atomic mass is 19.1. The summed E-state index contributed by atoms with van der Waals surface area (Å²) in [7, 11) is 0. The molecule has 3 aliphatic heterocycles. The molecule has 1 aromatic carbocycles. The molecule has 3 atom stereocenters. The SMILES string of the molecule is CC[C@@H]1Cc2c(F)cc(C(=O)NO)cc2CN1C[C@]12C[C@H](CO1)N(C1CC1)C2. The molecule has 1 aromatic rings. The van der Waals surface area contributed by atoms with Gasteiger partial charge in [0.25, 0.3) is 5.91 Å². The molecular formula is C21H28FN3O3. The summed E-state index contributed by atoms with van der Waals surface area (Å²) in [6.07, 6.45) is 5.31. The Kier molecular flexibility index (Phi) is 4.46. The van der Waals surface area contributed by atoms with E-state index >= 15 is 0 Å². The summed E-state index contributed by atoms with van der Waals surface area (Å²) in [6, 6.07) is 4.52. The van der Waals surface area contributed by atoms with E-state index in [0.717, 1.165) is 44.1 Å². The van der Waals surface area contributed by atoms with Gasteiger partial charge in [-0.2, -0.15) is 0 Å². The quantitative estimate of drug-likeness (QED) is 0.596. The van der Waals surface area contributed by atoms with E-state index in [1.165, 1.54) is 18.9 Å². The monoisotopic (exact) mass is 389 g/mol. The minimum Gasteiger partial charge on any atom is -0.371 e. The number of morpholine rings is 1. The number of likely N-dealkylation sites (tertiary alicyclic amines) is 1. The molecule has 1 aliphatic carbocycles. The molecule has 1 amide bonds. The number of hydrogen-bond acceptors (Lipinski definition) is 5. The molecule has 152 valence electrons. The third-order valence-corrected chi connectivity index (χ3v) is 7.09. The largest absolute Gasteiger partial charge is 0.371 e. The maximum absolute atomic E-state index is 14.7. The van der Waals surface area contributed by atoms with Crippen LogP contribution in [0, 0.1) is 5.82 Å². The van der Waals surface area contributed by atoms with Crippen molar-refractivity contribution in [3.8, 4) is 0 Å². The fourth-order valence-electron chi connectivity index (χ4n) is 5.53. The number of ether oxygens (including phenoxy) is 1. The number of nitrogens with zero attached hydrogens (tertiary/aromatic N) is 2. The molecule has 0 radical (unpaired) electrons. The van der Waals surface area contributed by atoms with Gasteiger partial charge >= 0.3 is 0 Å². The van der Waals surface area contributed by atoms with Crippen molar-refractivity contribution in [1.82, 2.24) is 15.3 Å². The molecule has 0 spiro atoms. The molecule has 3 heterocycles. The van der Waals surface area contributed by atoms with Crippen molar-refractivity contribution in [2.45, 2.75) is 69.3 Å². The summed E-state index contributed by atoms with van der Waals surface area (Å²) in [5, 5.41) is 8.90. The summed E-state index contributed by atoms with van der Waals surface area (Å²) in [5.74, 6) is -1.03. The number of nitrogens with one attached hydrogen (secondary N) is 1. The molecule has 2 saturated heterocycles. The van der Waals surface area contributed by atoms with Crippen LogP contribution in [0.2, 0.25) is 0 Å². The maximum Gasteiger partial charge on any atom is 0.274 e. The number of carbonyl (C=O) groups excluding carboxylic acids is 1. The lowest BCUT2D eigenvalue weighted by molar-refractivity contribution is -0.0725. The van der Waals surface area contributed by atoms with Gasteiger partial charge in [0.05, 0.1) is 12.2 Å². The number of amides is 1. The Labute approximate surface area is 164 Å². The van der Waals surface area contributed by atoms with Gasteiger partial charge in [-0.05, 0) is 55.4 Å². The Balaban J connectivity index is 1.39. The number of fused-ring (bicyclic) bond motifs is 3. The predicted molar refractivity (Wildman–Crippen MR) is 101 cm³/mol. The lowest BCUT2D eigenvalue weighted by Gasteiger charge is -2.42. The Hall–Kier alpha value is -1.54. The number of rotatable bonds is 5. The van der Waals surface area contributed by atoms with E-state index in [1.807, 2.05) is 0 Å². The first-order chi connectivity index (χ1) is 13.5. The van der Waals surface area contributed by atoms with Crippen molar-refractivity contribution >= 4 is 5.91 Å². The lowest BCUT2D eigenvalue weighted by atomic mass is 9.89. The van der Waals surface area contributed by atoms with E-state index in [0.29, 0.717) is 24.6 Å². The Bertz CT molecular complexity index is 799. The number of benzene rings is 1. The van der Waals surface area contributed by atoms with Crippen LogP contribution >= 0.6 is 0 Å². The Morgan fingerprint density at radius 1 is 1.39 bits per heavy atom. The maximum atomic E-state index is 14.7. The first-order valence-electron chi connectivity index (χ1n) is 10.4. The van der Waals surface area contributed by atoms with Crippen molar-refractivity contribution in [3.05, 3.63) is 34.6 Å². The van der Waals surface area contributed by atoms with E-state index in [-0.39, 0.29) is 23.0 Å². The molecule has 6 nitrogen and oxygen atoms in total. The topological polar surface area (TPSA) is 65.0 Å². The lowest BCUT2D eigenvalue weighted by Crippen LogP contribution is -2.53. The van der Waals surface area contributed by atoms with E-state index in [1.54, 1.807) is 11.5 Å². The zero-order chi connectivity index (χ0) is 19.5. The summed E-state index contributed by atoms with van der Waals surface area (Å²) >= 11 is 0. The van der Waals surface area contributed by atoms with Crippen LogP contribution in [0.1, 0.15) is 54.1 Å². The molecule has 1 saturated carbocycles. The first kappa shape index (κ1) is 18.5. The average molecular weight is 389 g/mol. The van der Waals surface area contributed by atoms with E-state index in [2.05, 4.69) is 16.7 Å². The average Bonchev–Trinajstić information content (AvgIpc) is 3.39. The van der Waals surface area contributed by atoms with Gasteiger partial charge in [0.15, 0.2) is 0 Å². The van der Waals surface area contributed by atoms with E-state index < -0.39 is 5.91 Å². The number of halogens is 1. The fraction of sp³-hybridized carbons (Fsp3) is 0.667. The third-order valence-electron chi connectivity index (χ3n) is 7.09. The summed E-state index contributed by atoms with van der Waals surface area (Å²) in [5.41, 5.74) is 3.18. The van der Waals surface area contributed by atoms with Gasteiger partial charge in [-0.15, -0.1) is 0 Å². The van der Waals surface area contributed by atoms with Crippen LogP contribution in [-0.2, 0) is 17.7 Å². The molecule has 2 N–H and O–H groups in total. The zero-order valence-corrected chi connectivity index (χ0v) is 16.3. The first-order valence-corrected chi connectivity index (χ1v) is 10.4. The molecule has 2 bridgehead atoms. The second kappa shape index (κ2) is 6.76. The predicted octanol–water partition coefficient (Wildman–Crippen LogP) is 2.09. The van der Waals surface area contributed by atoms with Gasteiger partial charge < -0.3 is 4.74 Å².